The lowest BCUT2D eigenvalue weighted by molar-refractivity contribution is -0.185. The van der Waals surface area contributed by atoms with Gasteiger partial charge in [0.2, 0.25) is 29.3 Å². The Hall–Kier alpha value is -2.78. The van der Waals surface area contributed by atoms with Gasteiger partial charge in [0.15, 0.2) is 0 Å². The van der Waals surface area contributed by atoms with E-state index in [2.05, 4.69) is 0 Å². The van der Waals surface area contributed by atoms with Gasteiger partial charge in [0.1, 0.15) is 0 Å². The first-order valence-corrected chi connectivity index (χ1v) is 6.38. The fourth-order valence-electron chi connectivity index (χ4n) is 2.71. The number of carbonyl (C=O) groups excluding carboxylic acids is 4. The van der Waals surface area contributed by atoms with Gasteiger partial charge in [-0.2, -0.15) is 0 Å². The zero-order valence-corrected chi connectivity index (χ0v) is 11.3. The van der Waals surface area contributed by atoms with Gasteiger partial charge in [0, 0.05) is 25.7 Å². The summed E-state index contributed by atoms with van der Waals surface area (Å²) in [7, 11) is 0. The summed E-state index contributed by atoms with van der Waals surface area (Å²) in [6.07, 6.45) is -2.47. The molecule has 2 N–H and O–H groups in total. The van der Waals surface area contributed by atoms with E-state index in [0.29, 0.717) is 0 Å². The van der Waals surface area contributed by atoms with Gasteiger partial charge in [-0.3, -0.25) is 24.0 Å². The third-order valence-corrected chi connectivity index (χ3v) is 3.58. The fraction of sp³-hybridized carbons (Fsp3) is 0.500. The highest BCUT2D eigenvalue weighted by molar-refractivity contribution is 6.12. The summed E-state index contributed by atoms with van der Waals surface area (Å²) in [6, 6.07) is 0. The molecule has 0 aromatic heterocycles. The highest BCUT2D eigenvalue weighted by Crippen LogP contribution is 2.34. The second-order valence-corrected chi connectivity index (χ2v) is 4.94. The normalized spacial score (nSPS) is 19.3. The van der Waals surface area contributed by atoms with Gasteiger partial charge < -0.3 is 10.2 Å². The van der Waals surface area contributed by atoms with E-state index < -0.39 is 47.7 Å². The fourth-order valence-corrected chi connectivity index (χ4v) is 2.71. The van der Waals surface area contributed by atoms with Crippen molar-refractivity contribution >= 4 is 35.6 Å². The average Bonchev–Trinajstić information content (AvgIpc) is 2.91. The van der Waals surface area contributed by atoms with Gasteiger partial charge in [-0.15, -0.1) is 0 Å². The second-order valence-electron chi connectivity index (χ2n) is 4.94. The Labute approximate surface area is 123 Å². The van der Waals surface area contributed by atoms with Gasteiger partial charge >= 0.3 is 11.9 Å². The Bertz CT molecular complexity index is 542. The molecule has 0 aliphatic carbocycles. The van der Waals surface area contributed by atoms with E-state index in [0.717, 1.165) is 0 Å². The minimum Gasteiger partial charge on any atom is -0.481 e. The topological polar surface area (TPSA) is 149 Å². The second kappa shape index (κ2) is 5.20. The van der Waals surface area contributed by atoms with Crippen LogP contribution in [-0.2, 0) is 28.8 Å². The van der Waals surface area contributed by atoms with Gasteiger partial charge in [-0.25, -0.2) is 14.6 Å². The number of hydrogen-bond acceptors (Lipinski definition) is 6. The van der Waals surface area contributed by atoms with Crippen LogP contribution in [0.2, 0.25) is 0 Å². The van der Waals surface area contributed by atoms with Crippen molar-refractivity contribution in [2.75, 3.05) is 0 Å². The number of amides is 4. The lowest BCUT2D eigenvalue weighted by atomic mass is 10.0. The van der Waals surface area contributed by atoms with Crippen LogP contribution in [0.1, 0.15) is 32.1 Å². The molecule has 2 saturated heterocycles. The van der Waals surface area contributed by atoms with Crippen molar-refractivity contribution in [3.05, 3.63) is 0 Å². The van der Waals surface area contributed by atoms with Crippen molar-refractivity contribution in [3.8, 4) is 0 Å². The molecule has 0 aromatic rings. The number of hydrogen-bond donors (Lipinski definition) is 2. The molecular formula is C12H12N2O8. The monoisotopic (exact) mass is 312 g/mol. The number of nitrogens with zero attached hydrogens (tertiary/aromatic N) is 2. The molecule has 0 unspecified atom stereocenters. The molecule has 2 fully saturated rings. The van der Waals surface area contributed by atoms with E-state index in [1.54, 1.807) is 0 Å². The van der Waals surface area contributed by atoms with Crippen LogP contribution in [0.4, 0.5) is 0 Å². The standard InChI is InChI=1S/C12H12N2O8/c15-6-1-2-7(16)13(6)12(11(21)22,5-10(19)20)14-8(17)3-4-9(14)18/h1-5H2,(H,19,20)(H,21,22). The maximum Gasteiger partial charge on any atom is 0.352 e. The zero-order chi connectivity index (χ0) is 16.7. The number of carboxylic acids is 2. The molecule has 0 atom stereocenters. The van der Waals surface area contributed by atoms with E-state index >= 15 is 0 Å². The first-order chi connectivity index (χ1) is 10.2. The first-order valence-electron chi connectivity index (χ1n) is 6.38. The largest absolute Gasteiger partial charge is 0.481 e. The number of likely N-dealkylation sites (tertiary alicyclic amines) is 2. The molecule has 2 aliphatic rings. The molecule has 0 saturated carbocycles. The van der Waals surface area contributed by atoms with E-state index in [4.69, 9.17) is 5.11 Å². The van der Waals surface area contributed by atoms with E-state index in [9.17, 15) is 33.9 Å². The minimum absolute atomic E-state index is 0.227. The Morgan fingerprint density at radius 3 is 1.36 bits per heavy atom. The molecule has 10 nitrogen and oxygen atoms in total. The highest BCUT2D eigenvalue weighted by atomic mass is 16.4. The summed E-state index contributed by atoms with van der Waals surface area (Å²) < 4.78 is 0. The summed E-state index contributed by atoms with van der Waals surface area (Å²) in [5.74, 6) is -7.30. The lowest BCUT2D eigenvalue weighted by Crippen LogP contribution is -2.69. The molecular weight excluding hydrogens is 300 g/mol. The Morgan fingerprint density at radius 1 is 0.818 bits per heavy atom. The summed E-state index contributed by atoms with van der Waals surface area (Å²) in [5.41, 5.74) is -2.85. The predicted molar refractivity (Wildman–Crippen MR) is 64.8 cm³/mol. The SMILES string of the molecule is O=C(O)CC(C(=O)O)(N1C(=O)CCC1=O)N1C(=O)CCC1=O. The third-order valence-electron chi connectivity index (χ3n) is 3.58. The van der Waals surface area contributed by atoms with Crippen LogP contribution in [0.15, 0.2) is 0 Å². The third kappa shape index (κ3) is 2.12. The molecule has 2 aliphatic heterocycles. The number of carboxylic acid groups (broad SMARTS) is 2. The smallest absolute Gasteiger partial charge is 0.352 e. The van der Waals surface area contributed by atoms with Crippen molar-refractivity contribution in [1.29, 1.82) is 0 Å². The summed E-state index contributed by atoms with van der Waals surface area (Å²) in [6.45, 7) is 0. The highest BCUT2D eigenvalue weighted by Gasteiger charge is 2.61. The van der Waals surface area contributed by atoms with Crippen molar-refractivity contribution in [1.82, 2.24) is 9.80 Å². The molecule has 0 aromatic carbocycles. The van der Waals surface area contributed by atoms with Crippen LogP contribution >= 0.6 is 0 Å². The van der Waals surface area contributed by atoms with Crippen molar-refractivity contribution in [2.24, 2.45) is 0 Å². The number of imide groups is 2. The van der Waals surface area contributed by atoms with Crippen LogP contribution in [-0.4, -0.2) is 61.2 Å². The maximum absolute atomic E-state index is 11.9. The zero-order valence-electron chi connectivity index (χ0n) is 11.3. The quantitative estimate of drug-likeness (QED) is 0.585. The number of carbonyl (C=O) groups is 6. The van der Waals surface area contributed by atoms with Gasteiger partial charge in [0.25, 0.3) is 0 Å². The molecule has 2 heterocycles. The molecule has 118 valence electrons. The predicted octanol–water partition coefficient (Wildman–Crippen LogP) is -1.46. The first kappa shape index (κ1) is 15.6. The lowest BCUT2D eigenvalue weighted by Gasteiger charge is -2.40. The summed E-state index contributed by atoms with van der Waals surface area (Å²) in [5, 5.41) is 18.5. The van der Waals surface area contributed by atoms with Gasteiger partial charge in [0.05, 0.1) is 6.42 Å². The van der Waals surface area contributed by atoms with E-state index in [-0.39, 0.29) is 35.5 Å². The van der Waals surface area contributed by atoms with E-state index in [1.165, 1.54) is 0 Å². The van der Waals surface area contributed by atoms with Crippen LogP contribution in [0, 0.1) is 0 Å². The van der Waals surface area contributed by atoms with Gasteiger partial charge in [-0.05, 0) is 0 Å². The molecule has 4 amide bonds. The van der Waals surface area contributed by atoms with Crippen LogP contribution in [0.5, 0.6) is 0 Å². The molecule has 0 spiro atoms. The van der Waals surface area contributed by atoms with Crippen LogP contribution < -0.4 is 0 Å². The minimum atomic E-state index is -2.85. The van der Waals surface area contributed by atoms with Crippen molar-refractivity contribution in [3.63, 3.8) is 0 Å². The summed E-state index contributed by atoms with van der Waals surface area (Å²) >= 11 is 0. The maximum atomic E-state index is 11.9. The van der Waals surface area contributed by atoms with Crippen molar-refractivity contribution in [2.45, 2.75) is 37.8 Å². The number of rotatable bonds is 5. The van der Waals surface area contributed by atoms with Gasteiger partial charge in [-0.1, -0.05) is 0 Å². The molecule has 0 radical (unpaired) electrons. The Balaban J connectivity index is 2.66. The number of aliphatic carboxylic acids is 2. The van der Waals surface area contributed by atoms with Crippen LogP contribution in [0.25, 0.3) is 0 Å². The molecule has 2 rings (SSSR count). The Morgan fingerprint density at radius 2 is 1.14 bits per heavy atom. The molecule has 0 bridgehead atoms. The van der Waals surface area contributed by atoms with Crippen LogP contribution in [0.3, 0.4) is 0 Å². The summed E-state index contributed by atoms with van der Waals surface area (Å²) in [4.78, 5) is 70.9. The van der Waals surface area contributed by atoms with Crippen molar-refractivity contribution < 1.29 is 39.0 Å². The average molecular weight is 312 g/mol. The molecule has 10 heteroatoms. The molecule has 22 heavy (non-hydrogen) atoms. The van der Waals surface area contributed by atoms with E-state index in [1.807, 2.05) is 0 Å². The Kier molecular flexibility index (Phi) is 3.69.